The molecule has 0 radical (unpaired) electrons. The zero-order valence-corrected chi connectivity index (χ0v) is 16.3. The number of aliphatic imine (C=N–C) groups is 1. The summed E-state index contributed by atoms with van der Waals surface area (Å²) in [5.74, 6) is 0.504. The number of carbonyl (C=O) groups excluding carboxylic acids is 1. The van der Waals surface area contributed by atoms with Crippen molar-refractivity contribution in [1.29, 1.82) is 5.26 Å². The second kappa shape index (κ2) is 6.61. The number of nitrogens with zero attached hydrogens (tertiary/aromatic N) is 3. The van der Waals surface area contributed by atoms with Gasteiger partial charge in [-0.2, -0.15) is 5.26 Å². The number of halogens is 1. The van der Waals surface area contributed by atoms with Crippen LogP contribution in [-0.2, 0) is 4.79 Å². The van der Waals surface area contributed by atoms with E-state index in [0.717, 1.165) is 35.4 Å². The normalized spacial score (nSPS) is 20.6. The van der Waals surface area contributed by atoms with E-state index < -0.39 is 5.92 Å². The number of para-hydroxylation sites is 1. The molecule has 2 aromatic rings. The van der Waals surface area contributed by atoms with E-state index in [2.05, 4.69) is 11.1 Å². The van der Waals surface area contributed by atoms with Crippen LogP contribution >= 0.6 is 11.6 Å². The molecular weight excluding hydrogens is 384 g/mol. The molecule has 29 heavy (non-hydrogen) atoms. The molecule has 5 rings (SSSR count). The number of carbonyl (C=O) groups is 1. The van der Waals surface area contributed by atoms with Crippen LogP contribution in [0.1, 0.15) is 36.3 Å². The molecule has 0 saturated carbocycles. The van der Waals surface area contributed by atoms with Gasteiger partial charge in [-0.3, -0.25) is 9.69 Å². The number of hydrogen-bond donors (Lipinski definition) is 1. The van der Waals surface area contributed by atoms with Gasteiger partial charge in [0.05, 0.1) is 23.2 Å². The molecule has 0 fully saturated rings. The molecule has 0 unspecified atom stereocenters. The SMILES string of the molecule is N#CC1=C2N=C(N)c3ccccc3N2C2=C(C(=O)CCC2)[C@@H]1c1ccc(Cl)cc1. The van der Waals surface area contributed by atoms with Gasteiger partial charge in [0.25, 0.3) is 0 Å². The molecule has 2 aromatic carbocycles. The minimum atomic E-state index is -0.465. The zero-order valence-electron chi connectivity index (χ0n) is 15.5. The van der Waals surface area contributed by atoms with Crippen LogP contribution in [-0.4, -0.2) is 11.6 Å². The van der Waals surface area contributed by atoms with E-state index in [1.807, 2.05) is 41.3 Å². The van der Waals surface area contributed by atoms with Gasteiger partial charge in [0.1, 0.15) is 5.84 Å². The summed E-state index contributed by atoms with van der Waals surface area (Å²) in [6.45, 7) is 0. The maximum absolute atomic E-state index is 13.1. The Hall–Kier alpha value is -3.36. The van der Waals surface area contributed by atoms with Gasteiger partial charge in [0.2, 0.25) is 0 Å². The Morgan fingerprint density at radius 1 is 1.14 bits per heavy atom. The topological polar surface area (TPSA) is 82.5 Å². The molecular formula is C23H17ClN4O. The maximum atomic E-state index is 13.1. The van der Waals surface area contributed by atoms with Crippen molar-refractivity contribution in [2.24, 2.45) is 10.7 Å². The summed E-state index contributed by atoms with van der Waals surface area (Å²) in [7, 11) is 0. The van der Waals surface area contributed by atoms with Crippen molar-refractivity contribution in [2.75, 3.05) is 4.90 Å². The average Bonchev–Trinajstić information content (AvgIpc) is 2.74. The first-order valence-corrected chi connectivity index (χ1v) is 9.87. The Labute approximate surface area is 173 Å². The molecule has 5 nitrogen and oxygen atoms in total. The lowest BCUT2D eigenvalue weighted by molar-refractivity contribution is -0.116. The molecule has 0 aromatic heterocycles. The van der Waals surface area contributed by atoms with Crippen LogP contribution in [0.15, 0.2) is 76.2 Å². The van der Waals surface area contributed by atoms with E-state index in [1.165, 1.54) is 0 Å². The molecule has 2 N–H and O–H groups in total. The number of anilines is 1. The number of benzene rings is 2. The highest BCUT2D eigenvalue weighted by atomic mass is 35.5. The van der Waals surface area contributed by atoms with Crippen LogP contribution in [0.25, 0.3) is 0 Å². The predicted molar refractivity (Wildman–Crippen MR) is 112 cm³/mol. The van der Waals surface area contributed by atoms with Crippen molar-refractivity contribution in [1.82, 2.24) is 0 Å². The third kappa shape index (κ3) is 2.60. The fraction of sp³-hybridized carbons (Fsp3) is 0.174. The Balaban J connectivity index is 1.83. The molecule has 0 saturated heterocycles. The average molecular weight is 401 g/mol. The summed E-state index contributed by atoms with van der Waals surface area (Å²) in [5.41, 5.74) is 10.8. The van der Waals surface area contributed by atoms with E-state index in [0.29, 0.717) is 34.2 Å². The Morgan fingerprint density at radius 2 is 1.90 bits per heavy atom. The second-order valence-corrected chi connectivity index (χ2v) is 7.76. The van der Waals surface area contributed by atoms with Gasteiger partial charge in [-0.1, -0.05) is 35.9 Å². The Bertz CT molecular complexity index is 1180. The highest BCUT2D eigenvalue weighted by Crippen LogP contribution is 2.49. The first-order chi connectivity index (χ1) is 14.1. The Kier molecular flexibility index (Phi) is 4.04. The van der Waals surface area contributed by atoms with Gasteiger partial charge >= 0.3 is 0 Å². The van der Waals surface area contributed by atoms with Crippen LogP contribution in [0, 0.1) is 11.3 Å². The number of allylic oxidation sites excluding steroid dienone is 3. The molecule has 2 heterocycles. The number of fused-ring (bicyclic) bond motifs is 4. The smallest absolute Gasteiger partial charge is 0.161 e. The van der Waals surface area contributed by atoms with Gasteiger partial charge < -0.3 is 5.73 Å². The number of rotatable bonds is 1. The molecule has 0 spiro atoms. The minimum Gasteiger partial charge on any atom is -0.383 e. The summed E-state index contributed by atoms with van der Waals surface area (Å²) in [6.07, 6.45) is 2.01. The van der Waals surface area contributed by atoms with Crippen molar-refractivity contribution in [3.8, 4) is 6.07 Å². The van der Waals surface area contributed by atoms with Crippen molar-refractivity contribution in [2.45, 2.75) is 25.2 Å². The standard InChI is InChI=1S/C23H17ClN4O/c24-14-10-8-13(9-11-14)20-16(12-25)23-27-22(26)15-4-1-2-5-17(15)28(23)18-6-3-7-19(29)21(18)20/h1-2,4-5,8-11,20H,3,6-7H2,(H2,26,27)/t20-/m1/s1. The quantitative estimate of drug-likeness (QED) is 0.768. The van der Waals surface area contributed by atoms with Crippen molar-refractivity contribution in [3.05, 3.63) is 87.3 Å². The van der Waals surface area contributed by atoms with Crippen molar-refractivity contribution in [3.63, 3.8) is 0 Å². The van der Waals surface area contributed by atoms with Crippen LogP contribution in [0.3, 0.4) is 0 Å². The van der Waals surface area contributed by atoms with Gasteiger partial charge in [-0.05, 0) is 42.7 Å². The minimum absolute atomic E-state index is 0.0815. The van der Waals surface area contributed by atoms with E-state index in [9.17, 15) is 10.1 Å². The van der Waals surface area contributed by atoms with Crippen LogP contribution in [0.4, 0.5) is 5.69 Å². The summed E-state index contributed by atoms with van der Waals surface area (Å²) < 4.78 is 0. The van der Waals surface area contributed by atoms with E-state index in [4.69, 9.17) is 17.3 Å². The highest BCUT2D eigenvalue weighted by Gasteiger charge is 2.42. The van der Waals surface area contributed by atoms with E-state index in [1.54, 1.807) is 12.1 Å². The number of Topliss-reactive ketones (excluding diaryl/α,β-unsaturated/α-hetero) is 1. The first-order valence-electron chi connectivity index (χ1n) is 9.50. The largest absolute Gasteiger partial charge is 0.383 e. The zero-order chi connectivity index (χ0) is 20.1. The van der Waals surface area contributed by atoms with Gasteiger partial charge in [0.15, 0.2) is 11.6 Å². The third-order valence-electron chi connectivity index (χ3n) is 5.70. The van der Waals surface area contributed by atoms with Crippen LogP contribution in [0.2, 0.25) is 5.02 Å². The van der Waals surface area contributed by atoms with Crippen LogP contribution < -0.4 is 10.6 Å². The summed E-state index contributed by atoms with van der Waals surface area (Å²) in [5, 5.41) is 10.7. The van der Waals surface area contributed by atoms with Crippen LogP contribution in [0.5, 0.6) is 0 Å². The second-order valence-electron chi connectivity index (χ2n) is 7.32. The lowest BCUT2D eigenvalue weighted by Crippen LogP contribution is -2.39. The number of hydrogen-bond acceptors (Lipinski definition) is 5. The van der Waals surface area contributed by atoms with E-state index in [-0.39, 0.29) is 5.78 Å². The number of amidine groups is 1. The molecule has 2 aliphatic heterocycles. The van der Waals surface area contributed by atoms with Crippen molar-refractivity contribution < 1.29 is 4.79 Å². The lowest BCUT2D eigenvalue weighted by atomic mass is 9.75. The summed E-state index contributed by atoms with van der Waals surface area (Å²) in [6, 6.07) is 17.3. The van der Waals surface area contributed by atoms with Gasteiger partial charge in [0, 0.05) is 28.3 Å². The number of nitriles is 1. The van der Waals surface area contributed by atoms with Gasteiger partial charge in [-0.15, -0.1) is 0 Å². The number of nitrogens with two attached hydrogens (primary N) is 1. The molecule has 142 valence electrons. The highest BCUT2D eigenvalue weighted by molar-refractivity contribution is 6.30. The molecule has 0 bridgehead atoms. The van der Waals surface area contributed by atoms with Gasteiger partial charge in [-0.25, -0.2) is 4.99 Å². The predicted octanol–water partition coefficient (Wildman–Crippen LogP) is 4.40. The molecule has 0 amide bonds. The fourth-order valence-electron chi connectivity index (χ4n) is 4.46. The lowest BCUT2D eigenvalue weighted by Gasteiger charge is -2.41. The molecule has 1 aliphatic carbocycles. The van der Waals surface area contributed by atoms with Crippen molar-refractivity contribution >= 4 is 28.9 Å². The third-order valence-corrected chi connectivity index (χ3v) is 5.95. The fourth-order valence-corrected chi connectivity index (χ4v) is 4.59. The summed E-state index contributed by atoms with van der Waals surface area (Å²) >= 11 is 6.07. The number of ketones is 1. The molecule has 6 heteroatoms. The monoisotopic (exact) mass is 400 g/mol. The van der Waals surface area contributed by atoms with E-state index >= 15 is 0 Å². The summed E-state index contributed by atoms with van der Waals surface area (Å²) in [4.78, 5) is 19.7. The Morgan fingerprint density at radius 3 is 2.66 bits per heavy atom. The maximum Gasteiger partial charge on any atom is 0.161 e. The molecule has 1 atom stereocenters. The molecule has 3 aliphatic rings. The first kappa shape index (κ1) is 17.7.